The van der Waals surface area contributed by atoms with Crippen LogP contribution in [-0.4, -0.2) is 24.1 Å². The lowest BCUT2D eigenvalue weighted by atomic mass is 10.2. The minimum absolute atomic E-state index is 0.580. The van der Waals surface area contributed by atoms with Crippen LogP contribution >= 0.6 is 0 Å². The largest absolute Gasteiger partial charge is 0.381 e. The van der Waals surface area contributed by atoms with E-state index in [9.17, 15) is 0 Å². The zero-order chi connectivity index (χ0) is 9.97. The Morgan fingerprint density at radius 3 is 2.64 bits per heavy atom. The minimum atomic E-state index is 0.580. The molecule has 0 bridgehead atoms. The molecule has 0 saturated carbocycles. The van der Waals surface area contributed by atoms with Gasteiger partial charge in [-0.2, -0.15) is 0 Å². The first kappa shape index (κ1) is 9.46. The summed E-state index contributed by atoms with van der Waals surface area (Å²) in [6.45, 7) is 6.26. The molecular formula is C11H17N3. The van der Waals surface area contributed by atoms with Crippen molar-refractivity contribution >= 4 is 5.69 Å². The predicted octanol–water partition coefficient (Wildman–Crippen LogP) is 1.47. The number of hydrogen-bond acceptors (Lipinski definition) is 3. The molecule has 0 amide bonds. The Morgan fingerprint density at radius 2 is 2.07 bits per heavy atom. The van der Waals surface area contributed by atoms with E-state index in [1.54, 1.807) is 0 Å². The average Bonchev–Trinajstić information content (AvgIpc) is 2.54. The van der Waals surface area contributed by atoms with Gasteiger partial charge in [-0.05, 0) is 38.9 Å². The van der Waals surface area contributed by atoms with E-state index in [2.05, 4.69) is 27.8 Å². The van der Waals surface area contributed by atoms with Crippen LogP contribution in [0.1, 0.15) is 17.8 Å². The van der Waals surface area contributed by atoms with Crippen molar-refractivity contribution in [1.82, 2.24) is 10.3 Å². The molecule has 0 unspecified atom stereocenters. The second-order valence-corrected chi connectivity index (χ2v) is 3.97. The molecule has 0 spiro atoms. The van der Waals surface area contributed by atoms with E-state index in [1.807, 2.05) is 13.8 Å². The second kappa shape index (κ2) is 3.96. The van der Waals surface area contributed by atoms with Crippen LogP contribution in [-0.2, 0) is 0 Å². The van der Waals surface area contributed by atoms with Crippen molar-refractivity contribution in [2.45, 2.75) is 26.3 Å². The van der Waals surface area contributed by atoms with E-state index in [0.29, 0.717) is 6.04 Å². The first-order chi connectivity index (χ1) is 6.74. The third-order valence-electron chi connectivity index (χ3n) is 2.51. The van der Waals surface area contributed by atoms with Crippen molar-refractivity contribution in [1.29, 1.82) is 0 Å². The lowest BCUT2D eigenvalue weighted by Crippen LogP contribution is -2.22. The molecule has 76 valence electrons. The van der Waals surface area contributed by atoms with Gasteiger partial charge in [-0.15, -0.1) is 0 Å². The van der Waals surface area contributed by atoms with E-state index in [0.717, 1.165) is 24.5 Å². The second-order valence-electron chi connectivity index (χ2n) is 3.97. The van der Waals surface area contributed by atoms with Crippen LogP contribution in [0, 0.1) is 13.8 Å². The highest BCUT2D eigenvalue weighted by Gasteiger charge is 2.13. The molecule has 0 aliphatic carbocycles. The Kier molecular flexibility index (Phi) is 2.68. The summed E-state index contributed by atoms with van der Waals surface area (Å²) in [5.41, 5.74) is 3.36. The number of aromatic nitrogens is 1. The van der Waals surface area contributed by atoms with Gasteiger partial charge in [0.15, 0.2) is 0 Å². The first-order valence-corrected chi connectivity index (χ1v) is 5.16. The molecule has 14 heavy (non-hydrogen) atoms. The zero-order valence-corrected chi connectivity index (χ0v) is 8.80. The first-order valence-electron chi connectivity index (χ1n) is 5.16. The lowest BCUT2D eigenvalue weighted by molar-refractivity contribution is 0.792. The molecule has 0 aromatic carbocycles. The summed E-state index contributed by atoms with van der Waals surface area (Å²) in [4.78, 5) is 4.35. The van der Waals surface area contributed by atoms with Crippen molar-refractivity contribution in [3.63, 3.8) is 0 Å². The summed E-state index contributed by atoms with van der Waals surface area (Å²) in [5.74, 6) is 0. The summed E-state index contributed by atoms with van der Waals surface area (Å²) >= 11 is 0. The van der Waals surface area contributed by atoms with Gasteiger partial charge in [0.25, 0.3) is 0 Å². The number of pyridine rings is 1. The number of nitrogens with zero attached hydrogens (tertiary/aromatic N) is 1. The Hall–Kier alpha value is -1.09. The van der Waals surface area contributed by atoms with Crippen LogP contribution in [0.4, 0.5) is 5.69 Å². The van der Waals surface area contributed by atoms with Gasteiger partial charge in [-0.3, -0.25) is 4.98 Å². The number of anilines is 1. The van der Waals surface area contributed by atoms with Crippen molar-refractivity contribution < 1.29 is 0 Å². The summed E-state index contributed by atoms with van der Waals surface area (Å²) in [6, 6.07) is 4.78. The van der Waals surface area contributed by atoms with Gasteiger partial charge in [-0.1, -0.05) is 0 Å². The quantitative estimate of drug-likeness (QED) is 0.743. The molecule has 1 atom stereocenters. The van der Waals surface area contributed by atoms with Crippen molar-refractivity contribution in [3.05, 3.63) is 23.5 Å². The Labute approximate surface area is 84.9 Å². The Morgan fingerprint density at radius 1 is 1.36 bits per heavy atom. The normalized spacial score (nSPS) is 21.1. The van der Waals surface area contributed by atoms with Crippen LogP contribution in [0.5, 0.6) is 0 Å². The van der Waals surface area contributed by atoms with Crippen LogP contribution in [0.2, 0.25) is 0 Å². The third kappa shape index (κ3) is 2.23. The van der Waals surface area contributed by atoms with Gasteiger partial charge in [0.2, 0.25) is 0 Å². The molecule has 1 aliphatic rings. The minimum Gasteiger partial charge on any atom is -0.381 e. The molecule has 3 nitrogen and oxygen atoms in total. The topological polar surface area (TPSA) is 37.0 Å². The molecule has 1 saturated heterocycles. The fourth-order valence-electron chi connectivity index (χ4n) is 1.93. The fraction of sp³-hybridized carbons (Fsp3) is 0.545. The van der Waals surface area contributed by atoms with Crippen LogP contribution in [0.25, 0.3) is 0 Å². The van der Waals surface area contributed by atoms with Crippen LogP contribution in [0.3, 0.4) is 0 Å². The van der Waals surface area contributed by atoms with E-state index in [1.165, 1.54) is 12.1 Å². The molecule has 3 heteroatoms. The maximum atomic E-state index is 4.35. The molecule has 1 aromatic heterocycles. The number of hydrogen-bond donors (Lipinski definition) is 2. The van der Waals surface area contributed by atoms with Gasteiger partial charge in [0.1, 0.15) is 0 Å². The maximum absolute atomic E-state index is 4.35. The summed E-state index contributed by atoms with van der Waals surface area (Å²) in [6.07, 6.45) is 1.21. The van der Waals surface area contributed by atoms with Gasteiger partial charge in [-0.25, -0.2) is 0 Å². The fourth-order valence-corrected chi connectivity index (χ4v) is 1.93. The van der Waals surface area contributed by atoms with E-state index >= 15 is 0 Å². The molecule has 2 rings (SSSR count). The van der Waals surface area contributed by atoms with E-state index < -0.39 is 0 Å². The van der Waals surface area contributed by atoms with Gasteiger partial charge in [0, 0.05) is 29.7 Å². The van der Waals surface area contributed by atoms with Crippen molar-refractivity contribution in [3.8, 4) is 0 Å². The van der Waals surface area contributed by atoms with Crippen LogP contribution in [0.15, 0.2) is 12.1 Å². The van der Waals surface area contributed by atoms with E-state index in [-0.39, 0.29) is 0 Å². The summed E-state index contributed by atoms with van der Waals surface area (Å²) in [7, 11) is 0. The maximum Gasteiger partial charge on any atom is 0.0398 e. The Bertz CT molecular complexity index is 296. The smallest absolute Gasteiger partial charge is 0.0398 e. The highest BCUT2D eigenvalue weighted by molar-refractivity contribution is 5.46. The van der Waals surface area contributed by atoms with Gasteiger partial charge < -0.3 is 10.6 Å². The van der Waals surface area contributed by atoms with Crippen LogP contribution < -0.4 is 10.6 Å². The summed E-state index contributed by atoms with van der Waals surface area (Å²) in [5, 5.41) is 6.86. The van der Waals surface area contributed by atoms with Crippen molar-refractivity contribution in [2.24, 2.45) is 0 Å². The number of aryl methyl sites for hydroxylation is 2. The third-order valence-corrected chi connectivity index (χ3v) is 2.51. The highest BCUT2D eigenvalue weighted by Crippen LogP contribution is 2.13. The molecule has 1 aromatic rings. The molecule has 2 heterocycles. The highest BCUT2D eigenvalue weighted by atomic mass is 15.0. The summed E-state index contributed by atoms with van der Waals surface area (Å²) < 4.78 is 0. The molecule has 0 radical (unpaired) electrons. The average molecular weight is 191 g/mol. The lowest BCUT2D eigenvalue weighted by Gasteiger charge is -2.13. The number of nitrogens with one attached hydrogen (secondary N) is 2. The van der Waals surface area contributed by atoms with Gasteiger partial charge in [0.05, 0.1) is 0 Å². The van der Waals surface area contributed by atoms with Gasteiger partial charge >= 0.3 is 0 Å². The molecule has 2 N–H and O–H groups in total. The Balaban J connectivity index is 2.07. The van der Waals surface area contributed by atoms with E-state index in [4.69, 9.17) is 0 Å². The standard InChI is InChI=1S/C11H17N3/c1-8-5-11(6-9(2)13-8)14-10-3-4-12-7-10/h5-6,10,12H,3-4,7H2,1-2H3,(H,13,14)/t10-/m1/s1. The SMILES string of the molecule is Cc1cc(N[C@@H]2CCNC2)cc(C)n1. The molecule has 1 fully saturated rings. The monoisotopic (exact) mass is 191 g/mol. The molecule has 1 aliphatic heterocycles. The predicted molar refractivity (Wildman–Crippen MR) is 58.6 cm³/mol. The zero-order valence-electron chi connectivity index (χ0n) is 8.80. The number of rotatable bonds is 2. The van der Waals surface area contributed by atoms with Crippen molar-refractivity contribution in [2.75, 3.05) is 18.4 Å². The molecular weight excluding hydrogens is 174 g/mol.